The number of anilines is 1. The maximum Gasteiger partial charge on any atom is 0.573 e. The fraction of sp³-hybridized carbons (Fsp3) is 0.333. The summed E-state index contributed by atoms with van der Waals surface area (Å²) >= 11 is 0. The van der Waals surface area contributed by atoms with Gasteiger partial charge in [-0.2, -0.15) is 0 Å². The number of aromatic carboxylic acids is 1. The molecule has 0 spiro atoms. The lowest BCUT2D eigenvalue weighted by molar-refractivity contribution is -0.275. The van der Waals surface area contributed by atoms with Gasteiger partial charge in [0, 0.05) is 22.6 Å². The van der Waals surface area contributed by atoms with Crippen LogP contribution in [-0.2, 0) is 4.79 Å². The minimum atomic E-state index is -4.97. The van der Waals surface area contributed by atoms with Crippen molar-refractivity contribution in [2.45, 2.75) is 67.0 Å². The van der Waals surface area contributed by atoms with Gasteiger partial charge in [-0.05, 0) is 82.3 Å². The molecule has 9 nitrogen and oxygen atoms in total. The van der Waals surface area contributed by atoms with Crippen molar-refractivity contribution in [2.24, 2.45) is 5.41 Å². The quantitative estimate of drug-likeness (QED) is 0.181. The molecule has 0 unspecified atom stereocenters. The fourth-order valence-corrected chi connectivity index (χ4v) is 4.42. The highest BCUT2D eigenvalue weighted by Crippen LogP contribution is 2.40. The van der Waals surface area contributed by atoms with Gasteiger partial charge in [0.1, 0.15) is 17.2 Å². The summed E-state index contributed by atoms with van der Waals surface area (Å²) in [6.07, 6.45) is -5.45. The van der Waals surface area contributed by atoms with Crippen LogP contribution < -0.4 is 24.3 Å². The van der Waals surface area contributed by atoms with Crippen molar-refractivity contribution < 1.29 is 46.8 Å². The molecular weight excluding hydrogens is 593 g/mol. The third-order valence-electron chi connectivity index (χ3n) is 6.27. The summed E-state index contributed by atoms with van der Waals surface area (Å²) < 4.78 is 62.2. The van der Waals surface area contributed by atoms with Gasteiger partial charge in [0.2, 0.25) is 5.91 Å². The molecule has 2 N–H and O–H groups in total. The molecule has 4 aromatic rings. The number of carboxylic acids is 1. The van der Waals surface area contributed by atoms with Crippen molar-refractivity contribution >= 4 is 28.5 Å². The number of nitrogens with one attached hydrogen (secondary N) is 1. The van der Waals surface area contributed by atoms with Crippen LogP contribution in [0.2, 0.25) is 0 Å². The zero-order chi connectivity index (χ0) is 33.3. The lowest BCUT2D eigenvalue weighted by atomic mass is 9.95. The lowest BCUT2D eigenvalue weighted by Gasteiger charge is -2.18. The third kappa shape index (κ3) is 8.00. The molecule has 3 aromatic carbocycles. The second-order valence-corrected chi connectivity index (χ2v) is 11.8. The molecule has 0 bridgehead atoms. The third-order valence-corrected chi connectivity index (χ3v) is 6.27. The number of fused-ring (bicyclic) bond motifs is 1. The number of hydrogen-bond donors (Lipinski definition) is 2. The number of benzene rings is 3. The Labute approximate surface area is 258 Å². The van der Waals surface area contributed by atoms with E-state index in [4.69, 9.17) is 14.2 Å². The first-order valence-corrected chi connectivity index (χ1v) is 14.2. The number of alkyl halides is 3. The van der Waals surface area contributed by atoms with E-state index in [1.165, 1.54) is 22.8 Å². The fourth-order valence-electron chi connectivity index (χ4n) is 4.42. The van der Waals surface area contributed by atoms with Crippen LogP contribution in [-0.4, -0.2) is 40.1 Å². The number of amides is 1. The number of aromatic nitrogens is 1. The van der Waals surface area contributed by atoms with Crippen LogP contribution in [0.15, 0.2) is 60.7 Å². The van der Waals surface area contributed by atoms with Gasteiger partial charge < -0.3 is 33.9 Å². The summed E-state index contributed by atoms with van der Waals surface area (Å²) in [6, 6.07) is 15.2. The van der Waals surface area contributed by atoms with Gasteiger partial charge in [0.25, 0.3) is 0 Å². The summed E-state index contributed by atoms with van der Waals surface area (Å²) in [5.74, 6) is -1.66. The number of hydrogen-bond acceptors (Lipinski definition) is 6. The molecule has 1 amide bonds. The Bertz CT molecular complexity index is 1700. The summed E-state index contributed by atoms with van der Waals surface area (Å²) in [7, 11) is 0. The Morgan fingerprint density at radius 1 is 0.800 bits per heavy atom. The summed E-state index contributed by atoms with van der Waals surface area (Å²) in [5, 5.41) is 13.5. The van der Waals surface area contributed by atoms with E-state index in [9.17, 15) is 27.9 Å². The van der Waals surface area contributed by atoms with Crippen LogP contribution in [0.5, 0.6) is 28.7 Å². The van der Waals surface area contributed by atoms with E-state index in [2.05, 4.69) is 10.1 Å². The summed E-state index contributed by atoms with van der Waals surface area (Å²) in [5.41, 5.74) is -0.0973. The van der Waals surface area contributed by atoms with Crippen molar-refractivity contribution in [3.05, 3.63) is 66.4 Å². The van der Waals surface area contributed by atoms with Gasteiger partial charge in [-0.3, -0.25) is 4.79 Å². The predicted molar refractivity (Wildman–Crippen MR) is 163 cm³/mol. The predicted octanol–water partition coefficient (Wildman–Crippen LogP) is 8.58. The first kappa shape index (κ1) is 33.0. The number of halogens is 3. The summed E-state index contributed by atoms with van der Waals surface area (Å²) in [4.78, 5) is 25.8. The van der Waals surface area contributed by atoms with Crippen LogP contribution in [0.3, 0.4) is 0 Å². The van der Waals surface area contributed by atoms with E-state index in [0.717, 1.165) is 6.07 Å². The average Bonchev–Trinajstić information content (AvgIpc) is 3.22. The van der Waals surface area contributed by atoms with E-state index < -0.39 is 35.5 Å². The van der Waals surface area contributed by atoms with Gasteiger partial charge in [-0.15, -0.1) is 13.2 Å². The minimum absolute atomic E-state index is 0.00335. The molecule has 1 heterocycles. The highest BCUT2D eigenvalue weighted by molar-refractivity contribution is 6.12. The Morgan fingerprint density at radius 2 is 1.38 bits per heavy atom. The van der Waals surface area contributed by atoms with Gasteiger partial charge >= 0.3 is 12.3 Å². The van der Waals surface area contributed by atoms with Gasteiger partial charge in [-0.25, -0.2) is 4.79 Å². The molecular formula is C33H35F3N2O7. The monoisotopic (exact) mass is 628 g/mol. The molecule has 0 aliphatic rings. The summed E-state index contributed by atoms with van der Waals surface area (Å²) in [6.45, 7) is 12.2. The minimum Gasteiger partial charge on any atom is -0.491 e. The highest BCUT2D eigenvalue weighted by Gasteiger charge is 2.33. The van der Waals surface area contributed by atoms with Gasteiger partial charge in [0.15, 0.2) is 17.2 Å². The van der Waals surface area contributed by atoms with Crippen LogP contribution >= 0.6 is 0 Å². The molecule has 12 heteroatoms. The number of carboxylic acid groups (broad SMARTS) is 1. The molecule has 0 aliphatic heterocycles. The number of nitrogens with zero attached hydrogens (tertiary/aromatic N) is 1. The molecule has 45 heavy (non-hydrogen) atoms. The van der Waals surface area contributed by atoms with E-state index in [-0.39, 0.29) is 34.7 Å². The smallest absolute Gasteiger partial charge is 0.491 e. The molecule has 0 aliphatic carbocycles. The first-order valence-electron chi connectivity index (χ1n) is 14.2. The Morgan fingerprint density at radius 3 is 1.93 bits per heavy atom. The molecule has 0 atom stereocenters. The van der Waals surface area contributed by atoms with E-state index in [1.54, 1.807) is 71.0 Å². The normalized spacial score (nSPS) is 12.0. The molecule has 0 saturated heterocycles. The number of carbonyl (C=O) groups excluding carboxylic acids is 1. The topological polar surface area (TPSA) is 108 Å². The molecule has 240 valence electrons. The van der Waals surface area contributed by atoms with Gasteiger partial charge in [-0.1, -0.05) is 20.8 Å². The number of rotatable bonds is 10. The zero-order valence-electron chi connectivity index (χ0n) is 25.9. The SMILES string of the molecule is CC(C)Oc1ccc(-n2c(C(=O)O)c(NC(=O)C(C)(C)C)c3cc(Oc4ccc(OC(C)C)c(OC(F)(F)F)c4)ccc32)cc1. The zero-order valence-corrected chi connectivity index (χ0v) is 25.9. The Hall–Kier alpha value is -4.87. The lowest BCUT2D eigenvalue weighted by Crippen LogP contribution is -2.28. The number of ether oxygens (including phenoxy) is 4. The van der Waals surface area contributed by atoms with Crippen molar-refractivity contribution in [3.8, 4) is 34.4 Å². The van der Waals surface area contributed by atoms with Crippen LogP contribution in [0.4, 0.5) is 18.9 Å². The van der Waals surface area contributed by atoms with Crippen molar-refractivity contribution in [1.82, 2.24) is 4.57 Å². The second-order valence-electron chi connectivity index (χ2n) is 11.8. The molecule has 0 fully saturated rings. The molecule has 4 rings (SSSR count). The molecule has 1 aromatic heterocycles. The van der Waals surface area contributed by atoms with Crippen LogP contribution in [0, 0.1) is 5.41 Å². The maximum atomic E-state index is 13.1. The second kappa shape index (κ2) is 12.6. The van der Waals surface area contributed by atoms with Gasteiger partial charge in [0.05, 0.1) is 23.4 Å². The standard InChI is InChI=1S/C33H35F3N2O7/c1-18(2)42-21-10-8-20(9-11-21)38-25-14-12-22(16-24(25)28(29(38)30(39)40)37-31(41)32(5,6)7)44-23-13-15-26(43-19(3)4)27(17-23)45-33(34,35)36/h8-19H,1-7H3,(H,37,41)(H,39,40). The Balaban J connectivity index is 1.85. The van der Waals surface area contributed by atoms with Crippen LogP contribution in [0.25, 0.3) is 16.6 Å². The molecule has 0 radical (unpaired) electrons. The van der Waals surface area contributed by atoms with Crippen molar-refractivity contribution in [3.63, 3.8) is 0 Å². The highest BCUT2D eigenvalue weighted by atomic mass is 19.4. The van der Waals surface area contributed by atoms with Crippen molar-refractivity contribution in [2.75, 3.05) is 5.32 Å². The van der Waals surface area contributed by atoms with E-state index >= 15 is 0 Å². The maximum absolute atomic E-state index is 13.1. The van der Waals surface area contributed by atoms with Crippen LogP contribution in [0.1, 0.15) is 59.0 Å². The Kier molecular flexibility index (Phi) is 9.27. The number of carbonyl (C=O) groups is 2. The van der Waals surface area contributed by atoms with Crippen molar-refractivity contribution in [1.29, 1.82) is 0 Å². The molecule has 0 saturated carbocycles. The largest absolute Gasteiger partial charge is 0.573 e. The van der Waals surface area contributed by atoms with E-state index in [0.29, 0.717) is 22.3 Å². The van der Waals surface area contributed by atoms with E-state index in [1.807, 2.05) is 13.8 Å². The average molecular weight is 629 g/mol. The first-order chi connectivity index (χ1) is 20.9.